The Labute approximate surface area is 144 Å². The Kier molecular flexibility index (Phi) is 5.10. The molecule has 1 aromatic carbocycles. The number of Topliss-reactive ketones (excluding diaryl/α,β-unsaturated/α-hetero) is 1. The second-order valence-electron chi connectivity index (χ2n) is 5.46. The monoisotopic (exact) mass is 339 g/mol. The predicted octanol–water partition coefficient (Wildman–Crippen LogP) is 1.38. The van der Waals surface area contributed by atoms with E-state index in [2.05, 4.69) is 20.4 Å². The zero-order valence-corrected chi connectivity index (χ0v) is 13.6. The third-order valence-electron chi connectivity index (χ3n) is 3.43. The molecule has 25 heavy (non-hydrogen) atoms. The SMILES string of the molecule is CC(=O)c1cccc(OCC(O)Cn2nnc(-c3cccnc3)n2)c1. The van der Waals surface area contributed by atoms with E-state index in [0.717, 1.165) is 5.56 Å². The van der Waals surface area contributed by atoms with Gasteiger partial charge in [0.25, 0.3) is 0 Å². The lowest BCUT2D eigenvalue weighted by Crippen LogP contribution is -2.25. The molecule has 0 fully saturated rings. The van der Waals surface area contributed by atoms with Crippen LogP contribution in [0.25, 0.3) is 11.4 Å². The van der Waals surface area contributed by atoms with Gasteiger partial charge in [0.1, 0.15) is 18.5 Å². The fraction of sp³-hybridized carbons (Fsp3) is 0.235. The molecule has 0 saturated carbocycles. The van der Waals surface area contributed by atoms with Crippen molar-refractivity contribution in [2.45, 2.75) is 19.6 Å². The van der Waals surface area contributed by atoms with Gasteiger partial charge < -0.3 is 9.84 Å². The predicted molar refractivity (Wildman–Crippen MR) is 89.0 cm³/mol. The van der Waals surface area contributed by atoms with Crippen molar-refractivity contribution in [1.82, 2.24) is 25.2 Å². The van der Waals surface area contributed by atoms with Crippen molar-refractivity contribution in [2.24, 2.45) is 0 Å². The molecule has 0 amide bonds. The Morgan fingerprint density at radius 1 is 1.32 bits per heavy atom. The second kappa shape index (κ2) is 7.63. The number of carbonyl (C=O) groups excluding carboxylic acids is 1. The van der Waals surface area contributed by atoms with Crippen LogP contribution in [-0.2, 0) is 6.54 Å². The van der Waals surface area contributed by atoms with Crippen molar-refractivity contribution in [1.29, 1.82) is 0 Å². The summed E-state index contributed by atoms with van der Waals surface area (Å²) in [7, 11) is 0. The molecule has 128 valence electrons. The second-order valence-corrected chi connectivity index (χ2v) is 5.46. The quantitative estimate of drug-likeness (QED) is 0.649. The molecule has 3 rings (SSSR count). The van der Waals surface area contributed by atoms with Gasteiger partial charge in [-0.2, -0.15) is 4.80 Å². The Balaban J connectivity index is 1.56. The van der Waals surface area contributed by atoms with Crippen LogP contribution in [0.15, 0.2) is 48.8 Å². The molecular weight excluding hydrogens is 322 g/mol. The maximum absolute atomic E-state index is 11.4. The average Bonchev–Trinajstić information content (AvgIpc) is 3.09. The third kappa shape index (κ3) is 4.45. The number of ether oxygens (including phenoxy) is 1. The average molecular weight is 339 g/mol. The molecule has 0 aliphatic carbocycles. The van der Waals surface area contributed by atoms with Gasteiger partial charge in [-0.25, -0.2) is 0 Å². The van der Waals surface area contributed by atoms with E-state index in [1.54, 1.807) is 42.7 Å². The molecule has 0 bridgehead atoms. The number of aromatic nitrogens is 5. The zero-order chi connectivity index (χ0) is 17.6. The number of carbonyl (C=O) groups is 1. The van der Waals surface area contributed by atoms with E-state index in [-0.39, 0.29) is 18.9 Å². The molecule has 2 aromatic heterocycles. The highest BCUT2D eigenvalue weighted by molar-refractivity contribution is 5.94. The van der Waals surface area contributed by atoms with E-state index in [9.17, 15) is 9.90 Å². The maximum atomic E-state index is 11.4. The van der Waals surface area contributed by atoms with Crippen LogP contribution in [0.1, 0.15) is 17.3 Å². The van der Waals surface area contributed by atoms with Crippen molar-refractivity contribution in [3.05, 3.63) is 54.4 Å². The Morgan fingerprint density at radius 2 is 2.20 bits per heavy atom. The van der Waals surface area contributed by atoms with Crippen LogP contribution in [0, 0.1) is 0 Å². The minimum Gasteiger partial charge on any atom is -0.491 e. The third-order valence-corrected chi connectivity index (χ3v) is 3.43. The first kappa shape index (κ1) is 16.7. The van der Waals surface area contributed by atoms with Crippen LogP contribution in [0.4, 0.5) is 0 Å². The Morgan fingerprint density at radius 3 is 2.96 bits per heavy atom. The standard InChI is InChI=1S/C17H17N5O3/c1-12(23)13-4-2-6-16(8-13)25-11-15(24)10-22-20-17(19-21-22)14-5-3-7-18-9-14/h2-9,15,24H,10-11H2,1H3. The minimum atomic E-state index is -0.822. The number of hydrogen-bond donors (Lipinski definition) is 1. The fourth-order valence-corrected chi connectivity index (χ4v) is 2.17. The first-order valence-corrected chi connectivity index (χ1v) is 7.72. The van der Waals surface area contributed by atoms with Gasteiger partial charge in [-0.3, -0.25) is 9.78 Å². The first-order valence-electron chi connectivity index (χ1n) is 7.72. The Hall–Kier alpha value is -3.13. The van der Waals surface area contributed by atoms with Gasteiger partial charge >= 0.3 is 0 Å². The van der Waals surface area contributed by atoms with E-state index >= 15 is 0 Å². The summed E-state index contributed by atoms with van der Waals surface area (Å²) in [5.74, 6) is 0.922. The van der Waals surface area contributed by atoms with E-state index < -0.39 is 6.10 Å². The van der Waals surface area contributed by atoms with E-state index in [0.29, 0.717) is 17.1 Å². The number of benzene rings is 1. The number of pyridine rings is 1. The molecule has 0 aliphatic heterocycles. The van der Waals surface area contributed by atoms with Gasteiger partial charge in [0.05, 0.1) is 6.54 Å². The molecule has 0 spiro atoms. The summed E-state index contributed by atoms with van der Waals surface area (Å²) in [5.41, 5.74) is 1.31. The minimum absolute atomic E-state index is 0.0410. The summed E-state index contributed by atoms with van der Waals surface area (Å²) in [6, 6.07) is 10.4. The van der Waals surface area contributed by atoms with Crippen LogP contribution in [0.5, 0.6) is 5.75 Å². The molecule has 2 heterocycles. The number of tetrazole rings is 1. The molecule has 0 aliphatic rings. The zero-order valence-electron chi connectivity index (χ0n) is 13.6. The molecule has 1 N–H and O–H groups in total. The van der Waals surface area contributed by atoms with Crippen LogP contribution in [-0.4, -0.2) is 48.8 Å². The van der Waals surface area contributed by atoms with Gasteiger partial charge in [0.2, 0.25) is 5.82 Å². The number of aliphatic hydroxyl groups excluding tert-OH is 1. The van der Waals surface area contributed by atoms with Crippen molar-refractivity contribution >= 4 is 5.78 Å². The molecule has 0 radical (unpaired) electrons. The molecule has 1 unspecified atom stereocenters. The number of rotatable bonds is 7. The summed E-state index contributed by atoms with van der Waals surface area (Å²) in [6.07, 6.45) is 2.48. The van der Waals surface area contributed by atoms with Crippen molar-refractivity contribution in [2.75, 3.05) is 6.61 Å². The van der Waals surface area contributed by atoms with E-state index in [1.165, 1.54) is 11.7 Å². The van der Waals surface area contributed by atoms with E-state index in [4.69, 9.17) is 4.74 Å². The summed E-state index contributed by atoms with van der Waals surface area (Å²) in [6.45, 7) is 1.68. The lowest BCUT2D eigenvalue weighted by Gasteiger charge is -2.11. The van der Waals surface area contributed by atoms with Gasteiger partial charge in [-0.05, 0) is 36.4 Å². The summed E-state index contributed by atoms with van der Waals surface area (Å²) >= 11 is 0. The van der Waals surface area contributed by atoms with Crippen molar-refractivity contribution in [3.63, 3.8) is 0 Å². The summed E-state index contributed by atoms with van der Waals surface area (Å²) < 4.78 is 5.52. The van der Waals surface area contributed by atoms with Crippen LogP contribution < -0.4 is 4.74 Å². The lowest BCUT2D eigenvalue weighted by atomic mass is 10.1. The van der Waals surface area contributed by atoms with Gasteiger partial charge in [-0.1, -0.05) is 12.1 Å². The summed E-state index contributed by atoms with van der Waals surface area (Å²) in [5, 5.41) is 22.1. The van der Waals surface area contributed by atoms with Gasteiger partial charge in [0.15, 0.2) is 5.78 Å². The molecule has 8 nitrogen and oxygen atoms in total. The molecule has 1 atom stereocenters. The first-order chi connectivity index (χ1) is 12.1. The largest absolute Gasteiger partial charge is 0.491 e. The number of ketones is 1. The van der Waals surface area contributed by atoms with E-state index in [1.807, 2.05) is 6.07 Å². The topological polar surface area (TPSA) is 103 Å². The summed E-state index contributed by atoms with van der Waals surface area (Å²) in [4.78, 5) is 16.7. The molecule has 8 heteroatoms. The van der Waals surface area contributed by atoms with Crippen LogP contribution in [0.3, 0.4) is 0 Å². The fourth-order valence-electron chi connectivity index (χ4n) is 2.17. The molecule has 0 saturated heterocycles. The molecular formula is C17H17N5O3. The van der Waals surface area contributed by atoms with Gasteiger partial charge in [0, 0.05) is 23.5 Å². The highest BCUT2D eigenvalue weighted by Crippen LogP contribution is 2.14. The number of nitrogens with zero attached hydrogens (tertiary/aromatic N) is 5. The smallest absolute Gasteiger partial charge is 0.206 e. The van der Waals surface area contributed by atoms with Crippen LogP contribution in [0.2, 0.25) is 0 Å². The maximum Gasteiger partial charge on any atom is 0.206 e. The van der Waals surface area contributed by atoms with Crippen LogP contribution >= 0.6 is 0 Å². The Bertz CT molecular complexity index is 850. The van der Waals surface area contributed by atoms with Crippen molar-refractivity contribution in [3.8, 4) is 17.1 Å². The normalized spacial score (nSPS) is 11.9. The molecule has 3 aromatic rings. The highest BCUT2D eigenvalue weighted by Gasteiger charge is 2.11. The lowest BCUT2D eigenvalue weighted by molar-refractivity contribution is 0.0849. The van der Waals surface area contributed by atoms with Gasteiger partial charge in [-0.15, -0.1) is 10.2 Å². The highest BCUT2D eigenvalue weighted by atomic mass is 16.5. The number of hydrogen-bond acceptors (Lipinski definition) is 7. The van der Waals surface area contributed by atoms with Crippen molar-refractivity contribution < 1.29 is 14.6 Å². The number of aliphatic hydroxyl groups is 1.